The molecule has 1 unspecified atom stereocenters. The highest BCUT2D eigenvalue weighted by atomic mass is 16.3. The van der Waals surface area contributed by atoms with Gasteiger partial charge in [-0.1, -0.05) is 78.7 Å². The molecule has 2 aromatic rings. The summed E-state index contributed by atoms with van der Waals surface area (Å²) in [5.41, 5.74) is 2.07. The fraction of sp³-hybridized carbons (Fsp3) is 0.391. The van der Waals surface area contributed by atoms with Crippen LogP contribution >= 0.6 is 0 Å². The Labute approximate surface area is 151 Å². The number of rotatable bonds is 5. The van der Waals surface area contributed by atoms with Crippen LogP contribution in [0.3, 0.4) is 0 Å². The first kappa shape index (κ1) is 17.9. The van der Waals surface area contributed by atoms with Crippen LogP contribution < -0.4 is 0 Å². The minimum atomic E-state index is -1.06. The molecule has 1 aliphatic rings. The van der Waals surface area contributed by atoms with Gasteiger partial charge in [0.25, 0.3) is 0 Å². The zero-order valence-electron chi connectivity index (χ0n) is 15.4. The third kappa shape index (κ3) is 3.56. The number of allylic oxidation sites excluding steroid dienone is 1. The number of benzene rings is 2. The van der Waals surface area contributed by atoms with Crippen molar-refractivity contribution in [2.75, 3.05) is 13.1 Å². The maximum absolute atomic E-state index is 12.2. The van der Waals surface area contributed by atoms with Crippen LogP contribution in [-0.2, 0) is 5.60 Å². The Balaban J connectivity index is 2.17. The predicted octanol–water partition coefficient (Wildman–Crippen LogP) is 4.74. The van der Waals surface area contributed by atoms with Gasteiger partial charge in [0.1, 0.15) is 5.60 Å². The Morgan fingerprint density at radius 3 is 1.84 bits per heavy atom. The molecule has 1 saturated heterocycles. The van der Waals surface area contributed by atoms with Crippen molar-refractivity contribution in [3.05, 3.63) is 83.4 Å². The summed E-state index contributed by atoms with van der Waals surface area (Å²) in [5, 5.41) is 12.2. The van der Waals surface area contributed by atoms with E-state index in [9.17, 15) is 5.11 Å². The fourth-order valence-electron chi connectivity index (χ4n) is 4.08. The molecule has 132 valence electrons. The third-order valence-corrected chi connectivity index (χ3v) is 5.47. The summed E-state index contributed by atoms with van der Waals surface area (Å²) in [5.74, 6) is 0. The van der Waals surface area contributed by atoms with Gasteiger partial charge >= 0.3 is 0 Å². The van der Waals surface area contributed by atoms with E-state index in [1.807, 2.05) is 60.7 Å². The van der Waals surface area contributed by atoms with Crippen LogP contribution in [0.4, 0.5) is 0 Å². The highest BCUT2D eigenvalue weighted by Crippen LogP contribution is 2.39. The lowest BCUT2D eigenvalue weighted by atomic mass is 9.76. The van der Waals surface area contributed by atoms with Gasteiger partial charge < -0.3 is 5.11 Å². The smallest absolute Gasteiger partial charge is 0.134 e. The van der Waals surface area contributed by atoms with E-state index in [4.69, 9.17) is 0 Å². The van der Waals surface area contributed by atoms with Crippen LogP contribution in [0.1, 0.15) is 44.2 Å². The third-order valence-electron chi connectivity index (χ3n) is 5.47. The summed E-state index contributed by atoms with van der Waals surface area (Å²) in [4.78, 5) is 2.47. The molecule has 0 aliphatic carbocycles. The molecule has 1 N–H and O–H groups in total. The summed E-state index contributed by atoms with van der Waals surface area (Å²) in [7, 11) is 0. The Hall–Kier alpha value is -1.90. The van der Waals surface area contributed by atoms with E-state index < -0.39 is 5.60 Å². The fourth-order valence-corrected chi connectivity index (χ4v) is 4.08. The van der Waals surface area contributed by atoms with E-state index in [0.717, 1.165) is 24.2 Å². The quantitative estimate of drug-likeness (QED) is 0.798. The second-order valence-electron chi connectivity index (χ2n) is 7.03. The number of aliphatic hydroxyl groups is 1. The van der Waals surface area contributed by atoms with Crippen LogP contribution in [0.25, 0.3) is 0 Å². The van der Waals surface area contributed by atoms with Gasteiger partial charge in [0.15, 0.2) is 0 Å². The van der Waals surface area contributed by atoms with E-state index >= 15 is 0 Å². The Bertz CT molecular complexity index is 647. The topological polar surface area (TPSA) is 23.5 Å². The highest BCUT2D eigenvalue weighted by molar-refractivity contribution is 5.41. The van der Waals surface area contributed by atoms with Gasteiger partial charge in [-0.25, -0.2) is 0 Å². The highest BCUT2D eigenvalue weighted by Gasteiger charge is 2.44. The van der Waals surface area contributed by atoms with Crippen LogP contribution in [-0.4, -0.2) is 29.1 Å². The molecule has 1 fully saturated rings. The Morgan fingerprint density at radius 2 is 1.40 bits per heavy atom. The van der Waals surface area contributed by atoms with Crippen molar-refractivity contribution in [2.45, 2.75) is 44.8 Å². The van der Waals surface area contributed by atoms with Gasteiger partial charge in [0.05, 0.1) is 6.04 Å². The van der Waals surface area contributed by atoms with Gasteiger partial charge in [-0.3, -0.25) is 4.90 Å². The van der Waals surface area contributed by atoms with Gasteiger partial charge in [0, 0.05) is 0 Å². The maximum atomic E-state index is 12.2. The summed E-state index contributed by atoms with van der Waals surface area (Å²) in [6, 6.07) is 20.2. The molecule has 2 nitrogen and oxygen atoms in total. The molecular formula is C23H29NO. The lowest BCUT2D eigenvalue weighted by Crippen LogP contribution is -2.53. The SMILES string of the molecule is C/C=C(/C)C(N1CCCCC1)C(O)(c1ccccc1)c1ccccc1. The lowest BCUT2D eigenvalue weighted by Gasteiger charge is -2.45. The van der Waals surface area contributed by atoms with Gasteiger partial charge in [-0.2, -0.15) is 0 Å². The largest absolute Gasteiger partial charge is 0.378 e. The van der Waals surface area contributed by atoms with E-state index in [-0.39, 0.29) is 6.04 Å². The Kier molecular flexibility index (Phi) is 5.72. The first-order valence-electron chi connectivity index (χ1n) is 9.38. The molecule has 0 spiro atoms. The van der Waals surface area contributed by atoms with E-state index in [1.54, 1.807) is 0 Å². The number of hydrogen-bond donors (Lipinski definition) is 1. The molecule has 0 radical (unpaired) electrons. The van der Waals surface area contributed by atoms with Crippen LogP contribution in [0.15, 0.2) is 72.3 Å². The maximum Gasteiger partial charge on any atom is 0.134 e. The molecule has 3 rings (SSSR count). The lowest BCUT2D eigenvalue weighted by molar-refractivity contribution is -0.0114. The van der Waals surface area contributed by atoms with E-state index in [2.05, 4.69) is 24.8 Å². The zero-order valence-corrected chi connectivity index (χ0v) is 15.4. The average Bonchev–Trinajstić information content (AvgIpc) is 2.70. The normalized spacial score (nSPS) is 18.1. The zero-order chi connectivity index (χ0) is 17.7. The van der Waals surface area contributed by atoms with Crippen LogP contribution in [0.2, 0.25) is 0 Å². The molecule has 1 aliphatic heterocycles. The van der Waals surface area contributed by atoms with Crippen molar-refractivity contribution >= 4 is 0 Å². The van der Waals surface area contributed by atoms with Crippen LogP contribution in [0.5, 0.6) is 0 Å². The van der Waals surface area contributed by atoms with Crippen molar-refractivity contribution < 1.29 is 5.11 Å². The van der Waals surface area contributed by atoms with Crippen molar-refractivity contribution in [1.82, 2.24) is 4.90 Å². The molecule has 2 heteroatoms. The second kappa shape index (κ2) is 7.99. The minimum absolute atomic E-state index is 0.0531. The predicted molar refractivity (Wildman–Crippen MR) is 105 cm³/mol. The number of hydrogen-bond acceptors (Lipinski definition) is 2. The number of nitrogens with zero attached hydrogens (tertiary/aromatic N) is 1. The van der Waals surface area contributed by atoms with E-state index in [1.165, 1.54) is 24.8 Å². The second-order valence-corrected chi connectivity index (χ2v) is 7.03. The van der Waals surface area contributed by atoms with Crippen molar-refractivity contribution in [3.8, 4) is 0 Å². The molecule has 0 amide bonds. The number of likely N-dealkylation sites (tertiary alicyclic amines) is 1. The van der Waals surface area contributed by atoms with Gasteiger partial charge in [-0.05, 0) is 50.9 Å². The summed E-state index contributed by atoms with van der Waals surface area (Å²) >= 11 is 0. The van der Waals surface area contributed by atoms with E-state index in [0.29, 0.717) is 0 Å². The Morgan fingerprint density at radius 1 is 0.920 bits per heavy atom. The monoisotopic (exact) mass is 335 g/mol. The summed E-state index contributed by atoms with van der Waals surface area (Å²) < 4.78 is 0. The van der Waals surface area contributed by atoms with Crippen LogP contribution in [0, 0.1) is 0 Å². The van der Waals surface area contributed by atoms with Gasteiger partial charge in [0.2, 0.25) is 0 Å². The van der Waals surface area contributed by atoms with Crippen molar-refractivity contribution in [2.24, 2.45) is 0 Å². The molecule has 0 bridgehead atoms. The number of piperidine rings is 1. The molecule has 1 heterocycles. The van der Waals surface area contributed by atoms with Crippen molar-refractivity contribution in [3.63, 3.8) is 0 Å². The molecule has 2 aromatic carbocycles. The first-order chi connectivity index (χ1) is 12.2. The average molecular weight is 335 g/mol. The minimum Gasteiger partial charge on any atom is -0.378 e. The molecule has 0 aromatic heterocycles. The molecular weight excluding hydrogens is 306 g/mol. The van der Waals surface area contributed by atoms with Crippen molar-refractivity contribution in [1.29, 1.82) is 0 Å². The van der Waals surface area contributed by atoms with Gasteiger partial charge in [-0.15, -0.1) is 0 Å². The molecule has 25 heavy (non-hydrogen) atoms. The molecule has 0 saturated carbocycles. The standard InChI is InChI=1S/C23H29NO/c1-3-19(2)22(24-17-11-6-12-18-24)23(25,20-13-7-4-8-14-20)21-15-9-5-10-16-21/h3-5,7-10,13-16,22,25H,6,11-12,17-18H2,1-2H3/b19-3-. The first-order valence-corrected chi connectivity index (χ1v) is 9.38. The summed E-state index contributed by atoms with van der Waals surface area (Å²) in [6.07, 6.45) is 5.84. The summed E-state index contributed by atoms with van der Waals surface area (Å²) in [6.45, 7) is 6.30. The molecule has 1 atom stereocenters.